The zero-order valence-electron chi connectivity index (χ0n) is 59.9. The largest absolute Gasteiger partial charge is 0.310 e. The van der Waals surface area contributed by atoms with E-state index < -0.39 is 10.8 Å². The second-order valence-corrected chi connectivity index (χ2v) is 32.9. The molecule has 2 aromatic heterocycles. The van der Waals surface area contributed by atoms with Crippen molar-refractivity contribution in [2.24, 2.45) is 0 Å². The van der Waals surface area contributed by atoms with E-state index in [0.29, 0.717) is 0 Å². The molecule has 2 spiro atoms. The van der Waals surface area contributed by atoms with Crippen LogP contribution in [-0.4, -0.2) is 0 Å². The van der Waals surface area contributed by atoms with Crippen LogP contribution in [0, 0.1) is 0 Å². The smallest absolute Gasteiger partial charge is 0.0740 e. The summed E-state index contributed by atoms with van der Waals surface area (Å²) in [5, 5.41) is 10.2. The van der Waals surface area contributed by atoms with Crippen LogP contribution in [0.15, 0.2) is 364 Å². The van der Waals surface area contributed by atoms with Crippen molar-refractivity contribution in [3.63, 3.8) is 0 Å². The highest BCUT2D eigenvalue weighted by atomic mass is 32.1. The van der Waals surface area contributed by atoms with Crippen molar-refractivity contribution in [2.45, 2.75) is 30.1 Å². The third kappa shape index (κ3) is 8.18. The van der Waals surface area contributed by atoms with Crippen molar-refractivity contribution in [1.29, 1.82) is 0 Å². The maximum atomic E-state index is 2.61. The van der Waals surface area contributed by atoms with Crippen molar-refractivity contribution in [3.8, 4) is 76.5 Å². The number of nitrogens with zero attached hydrogens (tertiary/aromatic N) is 2. The predicted octanol–water partition coefficient (Wildman–Crippen LogP) is 28.8. The molecule has 109 heavy (non-hydrogen) atoms. The summed E-state index contributed by atoms with van der Waals surface area (Å²) in [5.74, 6) is 0. The van der Waals surface area contributed by atoms with Gasteiger partial charge in [0.2, 0.25) is 0 Å². The lowest BCUT2D eigenvalue weighted by molar-refractivity contribution is 0.660. The van der Waals surface area contributed by atoms with Gasteiger partial charge < -0.3 is 9.80 Å². The molecule has 0 radical (unpaired) electrons. The van der Waals surface area contributed by atoms with Crippen molar-refractivity contribution in [2.75, 3.05) is 9.80 Å². The van der Waals surface area contributed by atoms with Gasteiger partial charge in [-0.3, -0.25) is 0 Å². The zero-order chi connectivity index (χ0) is 71.6. The van der Waals surface area contributed by atoms with E-state index >= 15 is 0 Å². The molecule has 0 fully saturated rings. The Labute approximate surface area is 640 Å². The number of para-hydroxylation sites is 1. The first-order valence-electron chi connectivity index (χ1n) is 38.0. The molecule has 4 heteroatoms. The average Bonchev–Trinajstić information content (AvgIpc) is 1.50. The van der Waals surface area contributed by atoms with Gasteiger partial charge in [0.25, 0.3) is 0 Å². The van der Waals surface area contributed by atoms with Crippen LogP contribution in [-0.2, 0) is 16.2 Å². The molecule has 0 aliphatic heterocycles. The third-order valence-corrected chi connectivity index (χ3v) is 27.6. The van der Waals surface area contributed by atoms with E-state index in [0.717, 1.165) is 34.0 Å². The Morgan fingerprint density at radius 3 is 1.31 bits per heavy atom. The summed E-state index contributed by atoms with van der Waals surface area (Å²) < 4.78 is 2.58. The molecule has 24 rings (SSSR count). The molecule has 0 saturated carbocycles. The topological polar surface area (TPSA) is 6.48 Å². The molecule has 0 N–H and O–H groups in total. The molecule has 2 nitrogen and oxygen atoms in total. The van der Waals surface area contributed by atoms with Crippen LogP contribution in [0.2, 0.25) is 0 Å². The Kier molecular flexibility index (Phi) is 12.7. The Hall–Kier alpha value is -13.0. The minimum Gasteiger partial charge on any atom is -0.310 e. The Morgan fingerprint density at radius 2 is 0.624 bits per heavy atom. The highest BCUT2D eigenvalue weighted by Gasteiger charge is 2.56. The molecular formula is C105H66N2S2. The molecule has 2 heterocycles. The minimum absolute atomic E-state index is 0.287. The van der Waals surface area contributed by atoms with Gasteiger partial charge in [0.05, 0.1) is 16.5 Å². The average molecular weight is 1420 g/mol. The van der Waals surface area contributed by atoms with Gasteiger partial charge in [-0.25, -0.2) is 0 Å². The number of thiophene rings is 2. The van der Waals surface area contributed by atoms with Crippen LogP contribution in [0.25, 0.3) is 129 Å². The van der Waals surface area contributed by atoms with E-state index in [-0.39, 0.29) is 5.41 Å². The van der Waals surface area contributed by atoms with Crippen molar-refractivity contribution in [3.05, 3.63) is 420 Å². The molecule has 17 aromatic carbocycles. The molecule has 19 aromatic rings. The van der Waals surface area contributed by atoms with E-state index in [9.17, 15) is 0 Å². The van der Waals surface area contributed by atoms with Crippen LogP contribution in [0.5, 0.6) is 0 Å². The Bertz CT molecular complexity index is 7090. The second kappa shape index (κ2) is 22.6. The predicted molar refractivity (Wildman–Crippen MR) is 460 cm³/mol. The first-order chi connectivity index (χ1) is 53.8. The molecule has 1 unspecified atom stereocenters. The van der Waals surface area contributed by atoms with Crippen molar-refractivity contribution < 1.29 is 0 Å². The summed E-state index contributed by atoms with van der Waals surface area (Å²) in [5.41, 5.74) is 34.0. The quantitative estimate of drug-likeness (QED) is 0.140. The van der Waals surface area contributed by atoms with Gasteiger partial charge in [-0.2, -0.15) is 0 Å². The van der Waals surface area contributed by atoms with E-state index in [1.807, 2.05) is 22.7 Å². The SMILES string of the molecule is CC1(C)c2cc(-c3ccccc3)ccc2-c2ccc(N(c3cccc(-c4ccc5c6c(sc5c4)-c4ccccc4C64c5ccccc5-c5ccc(N(c6ccccc6)c6ccc7c8ccccc8c8ccccc8c7c6)cc54)c3)c3cccc4c3-c3sc5ccccc5c3C43c4ccccc4-c4ccccc43)cc21. The number of anilines is 6. The van der Waals surface area contributed by atoms with E-state index in [4.69, 9.17) is 0 Å². The van der Waals surface area contributed by atoms with Crippen LogP contribution in [0.4, 0.5) is 34.1 Å². The number of rotatable bonds is 8. The summed E-state index contributed by atoms with van der Waals surface area (Å²) in [6.45, 7) is 4.86. The standard InChI is InChI=1S/C105H66N2S2/c1-103(2)92-58-65(63-25-5-3-6-26-63)47-52-80(92)81-55-51-71(61-93(81)103)107(95-45-24-44-91-98(95)102-100(84-39-17-22-46-96(84)108-102)104(91)87-40-18-13-35-77(87)78-36-14-19-41-88(78)104)68-30-23-27-64(57-68)66-48-53-85-97(59-66)109-101-83-38-16-21-43-90(83)105(99(85)101)89-42-20-15-37-79(89)82-56-50-70(62-94(82)105)106(67-28-7-4-8-29-67)69-49-54-76-74-33-10-9-31-72(74)73-32-11-12-34-75(73)86(76)60-69/h3-62H,1-2H3. The molecule has 0 amide bonds. The van der Waals surface area contributed by atoms with Gasteiger partial charge in [-0.15, -0.1) is 22.7 Å². The van der Waals surface area contributed by atoms with E-state index in [2.05, 4.69) is 388 Å². The fourth-order valence-corrected chi connectivity index (χ4v) is 23.4. The van der Waals surface area contributed by atoms with E-state index in [1.54, 1.807) is 0 Å². The number of benzene rings is 17. The normalized spacial score (nSPS) is 15.1. The summed E-state index contributed by atoms with van der Waals surface area (Å²) in [7, 11) is 0. The van der Waals surface area contributed by atoms with Crippen molar-refractivity contribution >= 4 is 109 Å². The number of fused-ring (bicyclic) bond motifs is 33. The highest BCUT2D eigenvalue weighted by molar-refractivity contribution is 7.23. The molecule has 5 aliphatic carbocycles. The molecular weight excluding hydrogens is 1350 g/mol. The summed E-state index contributed by atoms with van der Waals surface area (Å²) in [6.07, 6.45) is 0. The fraction of sp³-hybridized carbons (Fsp3) is 0.0476. The lowest BCUT2D eigenvalue weighted by Gasteiger charge is -2.32. The molecule has 0 saturated heterocycles. The van der Waals surface area contributed by atoms with Gasteiger partial charge in [-0.1, -0.05) is 293 Å². The monoisotopic (exact) mass is 1420 g/mol. The fourth-order valence-electron chi connectivity index (χ4n) is 20.7. The second-order valence-electron chi connectivity index (χ2n) is 30.8. The molecule has 5 aliphatic rings. The first-order valence-corrected chi connectivity index (χ1v) is 39.7. The van der Waals surface area contributed by atoms with Gasteiger partial charge in [0.15, 0.2) is 0 Å². The summed E-state index contributed by atoms with van der Waals surface area (Å²) in [4.78, 5) is 7.77. The number of hydrogen-bond donors (Lipinski definition) is 0. The van der Waals surface area contributed by atoms with Gasteiger partial charge in [-0.05, 0) is 245 Å². The number of hydrogen-bond acceptors (Lipinski definition) is 4. The van der Waals surface area contributed by atoms with Gasteiger partial charge in [0, 0.05) is 58.6 Å². The lowest BCUT2D eigenvalue weighted by Crippen LogP contribution is -2.26. The maximum absolute atomic E-state index is 2.61. The summed E-state index contributed by atoms with van der Waals surface area (Å²) >= 11 is 3.90. The zero-order valence-corrected chi connectivity index (χ0v) is 61.5. The van der Waals surface area contributed by atoms with Gasteiger partial charge >= 0.3 is 0 Å². The molecule has 1 atom stereocenters. The minimum atomic E-state index is -0.601. The molecule has 0 bridgehead atoms. The van der Waals surface area contributed by atoms with Crippen molar-refractivity contribution in [1.82, 2.24) is 0 Å². The van der Waals surface area contributed by atoms with Crippen LogP contribution in [0.3, 0.4) is 0 Å². The molecule has 508 valence electrons. The highest BCUT2D eigenvalue weighted by Crippen LogP contribution is 2.70. The van der Waals surface area contributed by atoms with Crippen LogP contribution >= 0.6 is 22.7 Å². The third-order valence-electron chi connectivity index (χ3n) is 25.2. The van der Waals surface area contributed by atoms with E-state index in [1.165, 1.54) is 185 Å². The van der Waals surface area contributed by atoms with Gasteiger partial charge in [0.1, 0.15) is 0 Å². The summed E-state index contributed by atoms with van der Waals surface area (Å²) in [6, 6.07) is 139. The lowest BCUT2D eigenvalue weighted by atomic mass is 9.70. The maximum Gasteiger partial charge on any atom is 0.0740 e. The van der Waals surface area contributed by atoms with Crippen LogP contribution < -0.4 is 9.80 Å². The van der Waals surface area contributed by atoms with Crippen LogP contribution in [0.1, 0.15) is 69.5 Å². The first kappa shape index (κ1) is 61.2. The Balaban J connectivity index is 0.686. The Morgan fingerprint density at radius 1 is 0.220 bits per heavy atom.